The van der Waals surface area contributed by atoms with E-state index in [0.29, 0.717) is 19.3 Å². The Kier molecular flexibility index (Phi) is 6.07. The van der Waals surface area contributed by atoms with Gasteiger partial charge in [-0.25, -0.2) is 0 Å². The molecule has 0 saturated carbocycles. The fourth-order valence-electron chi connectivity index (χ4n) is 2.68. The maximum atomic E-state index is 12.4. The highest BCUT2D eigenvalue weighted by Gasteiger charge is 2.28. The van der Waals surface area contributed by atoms with Crippen molar-refractivity contribution in [3.8, 4) is 0 Å². The van der Waals surface area contributed by atoms with E-state index in [4.69, 9.17) is 9.47 Å². The Hall–Kier alpha value is -0.650. The smallest absolute Gasteiger partial charge is 0.242 e. The summed E-state index contributed by atoms with van der Waals surface area (Å²) in [7, 11) is 0. The lowest BCUT2D eigenvalue weighted by atomic mass is 10.1. The van der Waals surface area contributed by atoms with E-state index in [1.54, 1.807) is 0 Å². The summed E-state index contributed by atoms with van der Waals surface area (Å²) in [5.41, 5.74) is 0. The molecular formula is C14H26N2O3. The number of ether oxygens (including phenoxy) is 2. The highest BCUT2D eigenvalue weighted by atomic mass is 16.5. The molecule has 0 aromatic rings. The molecule has 2 aliphatic rings. The molecule has 2 aliphatic heterocycles. The monoisotopic (exact) mass is 270 g/mol. The summed E-state index contributed by atoms with van der Waals surface area (Å²) < 4.78 is 11.2. The molecule has 0 bridgehead atoms. The molecule has 5 nitrogen and oxygen atoms in total. The van der Waals surface area contributed by atoms with Crippen LogP contribution in [-0.4, -0.2) is 62.4 Å². The molecule has 5 heteroatoms. The van der Waals surface area contributed by atoms with Crippen molar-refractivity contribution in [1.29, 1.82) is 0 Å². The van der Waals surface area contributed by atoms with Crippen LogP contribution < -0.4 is 5.32 Å². The Morgan fingerprint density at radius 2 is 2.32 bits per heavy atom. The van der Waals surface area contributed by atoms with Crippen molar-refractivity contribution in [2.24, 2.45) is 0 Å². The third-order valence-electron chi connectivity index (χ3n) is 3.76. The normalized spacial score (nSPS) is 29.0. The lowest BCUT2D eigenvalue weighted by molar-refractivity contribution is -0.136. The maximum Gasteiger partial charge on any atom is 0.242 e. The molecule has 2 fully saturated rings. The fraction of sp³-hybridized carbons (Fsp3) is 0.929. The Balaban J connectivity index is 1.79. The minimum atomic E-state index is -0.151. The predicted octanol–water partition coefficient (Wildman–Crippen LogP) is 0.783. The van der Waals surface area contributed by atoms with E-state index in [2.05, 4.69) is 12.2 Å². The quantitative estimate of drug-likeness (QED) is 0.820. The molecule has 2 rings (SSSR count). The molecule has 1 amide bonds. The van der Waals surface area contributed by atoms with Crippen molar-refractivity contribution in [3.05, 3.63) is 0 Å². The summed E-state index contributed by atoms with van der Waals surface area (Å²) in [5.74, 6) is 0.191. The number of rotatable bonds is 4. The standard InChI is InChI=1S/C14H26N2O3/c1-2-9-19-12-4-3-7-16(8-5-12)14(17)13-11-18-10-6-15-13/h12-13,15H,2-11H2,1H3. The maximum absolute atomic E-state index is 12.4. The average Bonchev–Trinajstić information content (AvgIpc) is 2.71. The molecular weight excluding hydrogens is 244 g/mol. The summed E-state index contributed by atoms with van der Waals surface area (Å²) in [6.45, 7) is 6.60. The SMILES string of the molecule is CCCOC1CCCN(C(=O)C2COCCN2)CC1. The summed E-state index contributed by atoms with van der Waals surface area (Å²) in [6, 6.07) is -0.151. The van der Waals surface area contributed by atoms with Gasteiger partial charge in [0.1, 0.15) is 6.04 Å². The van der Waals surface area contributed by atoms with Crippen LogP contribution in [0.3, 0.4) is 0 Å². The minimum Gasteiger partial charge on any atom is -0.378 e. The van der Waals surface area contributed by atoms with Crippen molar-refractivity contribution < 1.29 is 14.3 Å². The van der Waals surface area contributed by atoms with Gasteiger partial charge in [0, 0.05) is 26.2 Å². The van der Waals surface area contributed by atoms with Crippen LogP contribution in [0, 0.1) is 0 Å². The first kappa shape index (κ1) is 14.8. The van der Waals surface area contributed by atoms with Gasteiger partial charge >= 0.3 is 0 Å². The highest BCUT2D eigenvalue weighted by Crippen LogP contribution is 2.15. The van der Waals surface area contributed by atoms with Gasteiger partial charge in [-0.1, -0.05) is 6.92 Å². The van der Waals surface area contributed by atoms with Crippen molar-refractivity contribution >= 4 is 5.91 Å². The molecule has 2 atom stereocenters. The second kappa shape index (κ2) is 7.82. The van der Waals surface area contributed by atoms with E-state index < -0.39 is 0 Å². The predicted molar refractivity (Wildman–Crippen MR) is 73.1 cm³/mol. The van der Waals surface area contributed by atoms with Crippen molar-refractivity contribution in [2.75, 3.05) is 39.5 Å². The third-order valence-corrected chi connectivity index (χ3v) is 3.76. The summed E-state index contributed by atoms with van der Waals surface area (Å²) in [4.78, 5) is 14.3. The van der Waals surface area contributed by atoms with Crippen molar-refractivity contribution in [2.45, 2.75) is 44.8 Å². The number of likely N-dealkylation sites (tertiary alicyclic amines) is 1. The first-order chi connectivity index (χ1) is 9.31. The minimum absolute atomic E-state index is 0.151. The first-order valence-electron chi connectivity index (χ1n) is 7.52. The van der Waals surface area contributed by atoms with Crippen molar-refractivity contribution in [3.63, 3.8) is 0 Å². The second-order valence-electron chi connectivity index (χ2n) is 5.33. The van der Waals surface area contributed by atoms with Gasteiger partial charge in [-0.15, -0.1) is 0 Å². The van der Waals surface area contributed by atoms with Crippen LogP contribution in [0.1, 0.15) is 32.6 Å². The lowest BCUT2D eigenvalue weighted by Gasteiger charge is -2.29. The molecule has 0 aromatic carbocycles. The zero-order valence-electron chi connectivity index (χ0n) is 11.9. The number of nitrogens with one attached hydrogen (secondary N) is 1. The van der Waals surface area contributed by atoms with Crippen LogP contribution in [-0.2, 0) is 14.3 Å². The van der Waals surface area contributed by atoms with Gasteiger partial charge in [0.05, 0.1) is 19.3 Å². The average molecular weight is 270 g/mol. The van der Waals surface area contributed by atoms with Crippen LogP contribution in [0.15, 0.2) is 0 Å². The van der Waals surface area contributed by atoms with E-state index in [1.807, 2.05) is 4.90 Å². The van der Waals surface area contributed by atoms with Gasteiger partial charge in [0.15, 0.2) is 0 Å². The van der Waals surface area contributed by atoms with E-state index in [1.165, 1.54) is 0 Å². The van der Waals surface area contributed by atoms with E-state index in [-0.39, 0.29) is 11.9 Å². The second-order valence-corrected chi connectivity index (χ2v) is 5.33. The molecule has 110 valence electrons. The Morgan fingerprint density at radius 1 is 1.42 bits per heavy atom. The number of nitrogens with zero attached hydrogens (tertiary/aromatic N) is 1. The molecule has 1 N–H and O–H groups in total. The van der Waals surface area contributed by atoms with E-state index in [0.717, 1.165) is 51.9 Å². The van der Waals surface area contributed by atoms with E-state index in [9.17, 15) is 4.79 Å². The largest absolute Gasteiger partial charge is 0.378 e. The molecule has 2 saturated heterocycles. The molecule has 2 unspecified atom stereocenters. The topological polar surface area (TPSA) is 50.8 Å². The fourth-order valence-corrected chi connectivity index (χ4v) is 2.68. The van der Waals surface area contributed by atoms with Gasteiger partial charge in [-0.05, 0) is 25.7 Å². The van der Waals surface area contributed by atoms with Crippen LogP contribution in [0.4, 0.5) is 0 Å². The van der Waals surface area contributed by atoms with Gasteiger partial charge in [-0.3, -0.25) is 4.79 Å². The molecule has 0 aromatic heterocycles. The number of morpholine rings is 1. The molecule has 0 spiro atoms. The molecule has 19 heavy (non-hydrogen) atoms. The number of hydrogen-bond acceptors (Lipinski definition) is 4. The van der Waals surface area contributed by atoms with Crippen LogP contribution in [0.2, 0.25) is 0 Å². The Morgan fingerprint density at radius 3 is 3.05 bits per heavy atom. The number of amides is 1. The Bertz CT molecular complexity index is 280. The summed E-state index contributed by atoms with van der Waals surface area (Å²) >= 11 is 0. The highest BCUT2D eigenvalue weighted by molar-refractivity contribution is 5.82. The van der Waals surface area contributed by atoms with Gasteiger partial charge in [0.2, 0.25) is 5.91 Å². The van der Waals surface area contributed by atoms with Crippen molar-refractivity contribution in [1.82, 2.24) is 10.2 Å². The summed E-state index contributed by atoms with van der Waals surface area (Å²) in [5, 5.41) is 3.23. The first-order valence-corrected chi connectivity index (χ1v) is 7.52. The van der Waals surface area contributed by atoms with Gasteiger partial charge < -0.3 is 19.7 Å². The van der Waals surface area contributed by atoms with E-state index >= 15 is 0 Å². The van der Waals surface area contributed by atoms with Gasteiger partial charge in [-0.2, -0.15) is 0 Å². The molecule has 2 heterocycles. The zero-order chi connectivity index (χ0) is 13.5. The summed E-state index contributed by atoms with van der Waals surface area (Å²) in [6.07, 6.45) is 4.45. The molecule has 0 aliphatic carbocycles. The zero-order valence-corrected chi connectivity index (χ0v) is 11.9. The number of hydrogen-bond donors (Lipinski definition) is 1. The van der Waals surface area contributed by atoms with Gasteiger partial charge in [0.25, 0.3) is 0 Å². The lowest BCUT2D eigenvalue weighted by Crippen LogP contribution is -2.52. The van der Waals surface area contributed by atoms with Crippen LogP contribution >= 0.6 is 0 Å². The van der Waals surface area contributed by atoms with Crippen LogP contribution in [0.25, 0.3) is 0 Å². The van der Waals surface area contributed by atoms with Crippen LogP contribution in [0.5, 0.6) is 0 Å². The molecule has 0 radical (unpaired) electrons. The number of carbonyl (C=O) groups excluding carboxylic acids is 1. The Labute approximate surface area is 115 Å². The third kappa shape index (κ3) is 4.44. The number of carbonyl (C=O) groups is 1.